The Bertz CT molecular complexity index is 949. The Labute approximate surface area is 160 Å². The number of anilines is 2. The van der Waals surface area contributed by atoms with Crippen LogP contribution in [0.1, 0.15) is 33.5 Å². The smallest absolute Gasteiger partial charge is 0.134 e. The quantitative estimate of drug-likeness (QED) is 0.764. The van der Waals surface area contributed by atoms with Gasteiger partial charge in [-0.05, 0) is 49.1 Å². The minimum Gasteiger partial charge on any atom is -0.366 e. The molecule has 1 aliphatic rings. The van der Waals surface area contributed by atoms with Crippen LogP contribution in [-0.2, 0) is 19.5 Å². The first-order valence-electron chi connectivity index (χ1n) is 9.41. The van der Waals surface area contributed by atoms with Crippen LogP contribution in [0.15, 0.2) is 42.9 Å². The fourth-order valence-electron chi connectivity index (χ4n) is 3.52. The third-order valence-electron chi connectivity index (χ3n) is 5.38. The van der Waals surface area contributed by atoms with Gasteiger partial charge in [-0.15, -0.1) is 0 Å². The van der Waals surface area contributed by atoms with E-state index in [2.05, 4.69) is 76.3 Å². The largest absolute Gasteiger partial charge is 0.366 e. The van der Waals surface area contributed by atoms with Gasteiger partial charge < -0.3 is 10.2 Å². The van der Waals surface area contributed by atoms with Gasteiger partial charge in [0.2, 0.25) is 0 Å². The second kappa shape index (κ2) is 7.35. The van der Waals surface area contributed by atoms with Crippen molar-refractivity contribution in [2.45, 2.75) is 40.3 Å². The van der Waals surface area contributed by atoms with Crippen LogP contribution in [0.25, 0.3) is 0 Å². The van der Waals surface area contributed by atoms with Crippen LogP contribution in [-0.4, -0.2) is 21.5 Å². The average Bonchev–Trinajstić information content (AvgIpc) is 2.69. The van der Waals surface area contributed by atoms with E-state index < -0.39 is 0 Å². The maximum absolute atomic E-state index is 4.58. The molecule has 0 amide bonds. The molecule has 0 atom stereocenters. The van der Waals surface area contributed by atoms with E-state index in [4.69, 9.17) is 0 Å². The second-order valence-electron chi connectivity index (χ2n) is 7.23. The molecule has 3 aromatic rings. The van der Waals surface area contributed by atoms with Crippen molar-refractivity contribution >= 4 is 11.6 Å². The van der Waals surface area contributed by atoms with Crippen LogP contribution >= 0.6 is 0 Å². The summed E-state index contributed by atoms with van der Waals surface area (Å²) in [6.07, 6.45) is 4.50. The SMILES string of the molecule is Cc1ccc(N2CCc3ncnc(NCc4cccc(C)c4C)c3C2)nc1. The number of hydrogen-bond acceptors (Lipinski definition) is 5. The van der Waals surface area contributed by atoms with Crippen LogP contribution in [0, 0.1) is 20.8 Å². The second-order valence-corrected chi connectivity index (χ2v) is 7.23. The lowest BCUT2D eigenvalue weighted by Crippen LogP contribution is -2.32. The van der Waals surface area contributed by atoms with E-state index in [1.807, 2.05) is 6.20 Å². The predicted molar refractivity (Wildman–Crippen MR) is 109 cm³/mol. The lowest BCUT2D eigenvalue weighted by atomic mass is 10.0. The minimum atomic E-state index is 0.764. The van der Waals surface area contributed by atoms with Gasteiger partial charge in [-0.2, -0.15) is 0 Å². The molecular weight excluding hydrogens is 334 g/mol. The summed E-state index contributed by atoms with van der Waals surface area (Å²) >= 11 is 0. The molecule has 0 saturated heterocycles. The van der Waals surface area contributed by atoms with E-state index in [1.165, 1.54) is 27.8 Å². The third-order valence-corrected chi connectivity index (χ3v) is 5.38. The summed E-state index contributed by atoms with van der Waals surface area (Å²) in [5, 5.41) is 3.54. The van der Waals surface area contributed by atoms with Crippen molar-refractivity contribution < 1.29 is 0 Å². The Balaban J connectivity index is 1.56. The van der Waals surface area contributed by atoms with Crippen molar-refractivity contribution in [2.75, 3.05) is 16.8 Å². The molecule has 0 unspecified atom stereocenters. The fraction of sp³-hybridized carbons (Fsp3) is 0.318. The van der Waals surface area contributed by atoms with Crippen LogP contribution < -0.4 is 10.2 Å². The highest BCUT2D eigenvalue weighted by Crippen LogP contribution is 2.26. The van der Waals surface area contributed by atoms with Crippen molar-refractivity contribution in [2.24, 2.45) is 0 Å². The van der Waals surface area contributed by atoms with Gasteiger partial charge >= 0.3 is 0 Å². The first-order chi connectivity index (χ1) is 13.1. The Morgan fingerprint density at radius 1 is 1.04 bits per heavy atom. The Kier molecular flexibility index (Phi) is 4.75. The molecule has 0 spiro atoms. The molecule has 0 fully saturated rings. The van der Waals surface area contributed by atoms with Gasteiger partial charge in [0.15, 0.2) is 0 Å². The van der Waals surface area contributed by atoms with Crippen molar-refractivity contribution in [3.05, 3.63) is 76.4 Å². The Morgan fingerprint density at radius 3 is 2.74 bits per heavy atom. The number of aromatic nitrogens is 3. The minimum absolute atomic E-state index is 0.764. The molecule has 4 rings (SSSR count). The number of fused-ring (bicyclic) bond motifs is 1. The van der Waals surface area contributed by atoms with E-state index in [0.717, 1.165) is 43.4 Å². The molecule has 0 aliphatic carbocycles. The lowest BCUT2D eigenvalue weighted by Gasteiger charge is -2.30. The Morgan fingerprint density at radius 2 is 1.93 bits per heavy atom. The zero-order valence-electron chi connectivity index (χ0n) is 16.2. The van der Waals surface area contributed by atoms with Crippen molar-refractivity contribution in [3.63, 3.8) is 0 Å². The lowest BCUT2D eigenvalue weighted by molar-refractivity contribution is 0.697. The first kappa shape index (κ1) is 17.5. The average molecular weight is 359 g/mol. The number of nitrogens with zero attached hydrogens (tertiary/aromatic N) is 4. The molecular formula is C22H25N5. The van der Waals surface area contributed by atoms with Gasteiger partial charge in [0.05, 0.1) is 5.69 Å². The summed E-state index contributed by atoms with van der Waals surface area (Å²) in [6, 6.07) is 10.6. The van der Waals surface area contributed by atoms with E-state index in [1.54, 1.807) is 6.33 Å². The highest BCUT2D eigenvalue weighted by atomic mass is 15.2. The highest BCUT2D eigenvalue weighted by molar-refractivity contribution is 5.52. The monoisotopic (exact) mass is 359 g/mol. The first-order valence-corrected chi connectivity index (χ1v) is 9.41. The standard InChI is InChI=1S/C22H25N5/c1-15-7-8-21(23-11-15)27-10-9-20-19(13-27)22(26-14-25-20)24-12-18-6-4-5-16(2)17(18)3/h4-8,11,14H,9-10,12-13H2,1-3H3,(H,24,25,26). The normalized spacial score (nSPS) is 13.4. The summed E-state index contributed by atoms with van der Waals surface area (Å²) in [7, 11) is 0. The molecule has 0 bridgehead atoms. The van der Waals surface area contributed by atoms with E-state index >= 15 is 0 Å². The zero-order chi connectivity index (χ0) is 18.8. The summed E-state index contributed by atoms with van der Waals surface area (Å²) in [5.41, 5.74) is 7.44. The molecule has 1 aliphatic heterocycles. The number of rotatable bonds is 4. The molecule has 138 valence electrons. The topological polar surface area (TPSA) is 53.9 Å². The van der Waals surface area contributed by atoms with Gasteiger partial charge in [-0.25, -0.2) is 15.0 Å². The van der Waals surface area contributed by atoms with Crippen LogP contribution in [0.5, 0.6) is 0 Å². The van der Waals surface area contributed by atoms with Gasteiger partial charge in [-0.3, -0.25) is 0 Å². The number of benzene rings is 1. The van der Waals surface area contributed by atoms with Crippen molar-refractivity contribution in [1.82, 2.24) is 15.0 Å². The van der Waals surface area contributed by atoms with Gasteiger partial charge in [0, 0.05) is 37.8 Å². The molecule has 27 heavy (non-hydrogen) atoms. The third kappa shape index (κ3) is 3.63. The van der Waals surface area contributed by atoms with Gasteiger partial charge in [0.25, 0.3) is 0 Å². The van der Waals surface area contributed by atoms with Crippen LogP contribution in [0.2, 0.25) is 0 Å². The van der Waals surface area contributed by atoms with E-state index in [0.29, 0.717) is 0 Å². The van der Waals surface area contributed by atoms with Crippen molar-refractivity contribution in [1.29, 1.82) is 0 Å². The summed E-state index contributed by atoms with van der Waals surface area (Å²) < 4.78 is 0. The number of nitrogens with one attached hydrogen (secondary N) is 1. The van der Waals surface area contributed by atoms with E-state index in [9.17, 15) is 0 Å². The molecule has 3 heterocycles. The van der Waals surface area contributed by atoms with E-state index in [-0.39, 0.29) is 0 Å². The summed E-state index contributed by atoms with van der Waals surface area (Å²) in [4.78, 5) is 15.9. The molecule has 5 nitrogen and oxygen atoms in total. The molecule has 5 heteroatoms. The van der Waals surface area contributed by atoms with Gasteiger partial charge in [0.1, 0.15) is 18.0 Å². The summed E-state index contributed by atoms with van der Waals surface area (Å²) in [6.45, 7) is 8.85. The molecule has 0 radical (unpaired) electrons. The highest BCUT2D eigenvalue weighted by Gasteiger charge is 2.22. The maximum Gasteiger partial charge on any atom is 0.134 e. The maximum atomic E-state index is 4.58. The van der Waals surface area contributed by atoms with Crippen LogP contribution in [0.3, 0.4) is 0 Å². The summed E-state index contributed by atoms with van der Waals surface area (Å²) in [5.74, 6) is 1.94. The zero-order valence-corrected chi connectivity index (χ0v) is 16.2. The van der Waals surface area contributed by atoms with Crippen molar-refractivity contribution in [3.8, 4) is 0 Å². The Hall–Kier alpha value is -2.95. The molecule has 0 saturated carbocycles. The van der Waals surface area contributed by atoms with Crippen LogP contribution in [0.4, 0.5) is 11.6 Å². The molecule has 1 N–H and O–H groups in total. The molecule has 1 aromatic carbocycles. The number of hydrogen-bond donors (Lipinski definition) is 1. The number of aryl methyl sites for hydroxylation is 2. The fourth-order valence-corrected chi connectivity index (χ4v) is 3.52. The molecule has 2 aromatic heterocycles. The predicted octanol–water partition coefficient (Wildman–Crippen LogP) is 3.97. The number of pyridine rings is 1. The van der Waals surface area contributed by atoms with Gasteiger partial charge in [-0.1, -0.05) is 24.3 Å².